The molecule has 0 radical (unpaired) electrons. The number of rotatable bonds is 6. The summed E-state index contributed by atoms with van der Waals surface area (Å²) in [4.78, 5) is 0.298. The lowest BCUT2D eigenvalue weighted by molar-refractivity contribution is 0.478. The molecule has 18 heavy (non-hydrogen) atoms. The Hall–Kier alpha value is -0.100. The number of sulfonamides is 1. The second kappa shape index (κ2) is 5.49. The van der Waals surface area contributed by atoms with Crippen LogP contribution in [-0.2, 0) is 10.0 Å². The molecule has 0 heterocycles. The normalized spacial score (nSPS) is 17.7. The van der Waals surface area contributed by atoms with Crippen molar-refractivity contribution in [3.8, 4) is 0 Å². The summed E-state index contributed by atoms with van der Waals surface area (Å²) in [5, 5.41) is 0. The van der Waals surface area contributed by atoms with Crippen LogP contribution in [0.1, 0.15) is 19.3 Å². The topological polar surface area (TPSA) is 46.2 Å². The summed E-state index contributed by atoms with van der Waals surface area (Å²) in [6.07, 6.45) is 2.99. The predicted octanol–water partition coefficient (Wildman–Crippen LogP) is 3.14. The standard InChI is InChI=1S/C12H15BrClNO2S/c13-10-1-3-11(4-2-10)18(16,17)15-9-12(5-6-12)7-8-14/h1-4,15H,5-9H2. The average Bonchev–Trinajstić information content (AvgIpc) is 3.08. The Bertz CT molecular complexity index is 511. The first-order valence-electron chi connectivity index (χ1n) is 5.79. The lowest BCUT2D eigenvalue weighted by Crippen LogP contribution is -2.30. The molecule has 1 N–H and O–H groups in total. The molecule has 1 saturated carbocycles. The van der Waals surface area contributed by atoms with Gasteiger partial charge in [0.1, 0.15) is 0 Å². The van der Waals surface area contributed by atoms with Gasteiger partial charge in [-0.3, -0.25) is 0 Å². The van der Waals surface area contributed by atoms with E-state index in [0.29, 0.717) is 17.3 Å². The minimum atomic E-state index is -3.40. The Labute approximate surface area is 121 Å². The molecule has 1 fully saturated rings. The first-order chi connectivity index (χ1) is 8.47. The van der Waals surface area contributed by atoms with Crippen LogP contribution in [0, 0.1) is 5.41 Å². The van der Waals surface area contributed by atoms with Gasteiger partial charge in [-0.05, 0) is 48.9 Å². The molecule has 6 heteroatoms. The summed E-state index contributed by atoms with van der Waals surface area (Å²) in [7, 11) is -3.40. The van der Waals surface area contributed by atoms with Gasteiger partial charge in [0.2, 0.25) is 10.0 Å². The Morgan fingerprint density at radius 3 is 2.39 bits per heavy atom. The van der Waals surface area contributed by atoms with E-state index >= 15 is 0 Å². The van der Waals surface area contributed by atoms with Crippen LogP contribution in [0.4, 0.5) is 0 Å². The zero-order valence-electron chi connectivity index (χ0n) is 9.83. The number of halogens is 2. The van der Waals surface area contributed by atoms with Crippen LogP contribution in [-0.4, -0.2) is 20.8 Å². The maximum absolute atomic E-state index is 12.1. The Morgan fingerprint density at radius 2 is 1.89 bits per heavy atom. The van der Waals surface area contributed by atoms with E-state index in [1.807, 2.05) is 0 Å². The molecule has 0 unspecified atom stereocenters. The number of nitrogens with one attached hydrogen (secondary N) is 1. The van der Waals surface area contributed by atoms with Gasteiger partial charge in [-0.1, -0.05) is 15.9 Å². The molecule has 0 atom stereocenters. The molecule has 3 nitrogen and oxygen atoms in total. The molecule has 0 saturated heterocycles. The number of alkyl halides is 1. The third-order valence-corrected chi connectivity index (χ3v) is 5.48. The maximum Gasteiger partial charge on any atom is 0.240 e. The summed E-state index contributed by atoms with van der Waals surface area (Å²) in [5.74, 6) is 0.583. The summed E-state index contributed by atoms with van der Waals surface area (Å²) >= 11 is 9.01. The summed E-state index contributed by atoms with van der Waals surface area (Å²) < 4.78 is 27.7. The Kier molecular flexibility index (Phi) is 4.36. The van der Waals surface area contributed by atoms with Gasteiger partial charge in [0.25, 0.3) is 0 Å². The summed E-state index contributed by atoms with van der Waals surface area (Å²) in [5.41, 5.74) is 0.101. The van der Waals surface area contributed by atoms with Crippen molar-refractivity contribution in [2.24, 2.45) is 5.41 Å². The van der Waals surface area contributed by atoms with Crippen LogP contribution in [0.5, 0.6) is 0 Å². The largest absolute Gasteiger partial charge is 0.240 e. The Morgan fingerprint density at radius 1 is 1.28 bits per heavy atom. The van der Waals surface area contributed by atoms with Gasteiger partial charge in [0.05, 0.1) is 4.90 Å². The Balaban J connectivity index is 2.02. The molecule has 0 aromatic heterocycles. The van der Waals surface area contributed by atoms with Crippen molar-refractivity contribution in [2.75, 3.05) is 12.4 Å². The maximum atomic E-state index is 12.1. The lowest BCUT2D eigenvalue weighted by atomic mass is 10.1. The fourth-order valence-electron chi connectivity index (χ4n) is 1.84. The van der Waals surface area contributed by atoms with Gasteiger partial charge < -0.3 is 0 Å². The molecule has 0 spiro atoms. The molecular weight excluding hydrogens is 338 g/mol. The van der Waals surface area contributed by atoms with E-state index in [1.54, 1.807) is 24.3 Å². The molecule has 1 aliphatic rings. The monoisotopic (exact) mass is 351 g/mol. The fourth-order valence-corrected chi connectivity index (χ4v) is 3.66. The molecule has 1 aromatic rings. The summed E-state index contributed by atoms with van der Waals surface area (Å²) in [6, 6.07) is 6.63. The van der Waals surface area contributed by atoms with E-state index in [4.69, 9.17) is 11.6 Å². The van der Waals surface area contributed by atoms with Crippen LogP contribution >= 0.6 is 27.5 Å². The van der Waals surface area contributed by atoms with E-state index < -0.39 is 10.0 Å². The highest BCUT2D eigenvalue weighted by molar-refractivity contribution is 9.10. The zero-order valence-corrected chi connectivity index (χ0v) is 13.0. The van der Waals surface area contributed by atoms with Crippen molar-refractivity contribution in [3.05, 3.63) is 28.7 Å². The molecular formula is C12H15BrClNO2S. The van der Waals surface area contributed by atoms with E-state index in [-0.39, 0.29) is 5.41 Å². The molecule has 0 bridgehead atoms. The highest BCUT2D eigenvalue weighted by Gasteiger charge is 2.42. The third-order valence-electron chi connectivity index (χ3n) is 3.34. The van der Waals surface area contributed by atoms with E-state index in [1.165, 1.54) is 0 Å². The highest BCUT2D eigenvalue weighted by atomic mass is 79.9. The van der Waals surface area contributed by atoms with Crippen molar-refractivity contribution in [1.82, 2.24) is 4.72 Å². The van der Waals surface area contributed by atoms with Gasteiger partial charge in [-0.25, -0.2) is 13.1 Å². The number of hydrogen-bond acceptors (Lipinski definition) is 2. The molecule has 1 aliphatic carbocycles. The van der Waals surface area contributed by atoms with Crippen LogP contribution in [0.3, 0.4) is 0 Å². The van der Waals surface area contributed by atoms with Crippen molar-refractivity contribution < 1.29 is 8.42 Å². The van der Waals surface area contributed by atoms with E-state index in [9.17, 15) is 8.42 Å². The van der Waals surface area contributed by atoms with Crippen molar-refractivity contribution >= 4 is 37.6 Å². The molecule has 0 amide bonds. The predicted molar refractivity (Wildman–Crippen MR) is 76.3 cm³/mol. The first-order valence-corrected chi connectivity index (χ1v) is 8.60. The minimum Gasteiger partial charge on any atom is -0.211 e. The second-order valence-corrected chi connectivity index (χ2v) is 7.78. The van der Waals surface area contributed by atoms with Crippen LogP contribution in [0.2, 0.25) is 0 Å². The second-order valence-electron chi connectivity index (χ2n) is 4.72. The van der Waals surface area contributed by atoms with E-state index in [2.05, 4.69) is 20.7 Å². The van der Waals surface area contributed by atoms with Crippen LogP contribution in [0.15, 0.2) is 33.6 Å². The molecule has 100 valence electrons. The van der Waals surface area contributed by atoms with Crippen molar-refractivity contribution in [3.63, 3.8) is 0 Å². The third kappa shape index (κ3) is 3.47. The van der Waals surface area contributed by atoms with Gasteiger partial charge in [0.15, 0.2) is 0 Å². The van der Waals surface area contributed by atoms with Gasteiger partial charge >= 0.3 is 0 Å². The average molecular weight is 353 g/mol. The lowest BCUT2D eigenvalue weighted by Gasteiger charge is -2.14. The van der Waals surface area contributed by atoms with Crippen molar-refractivity contribution in [1.29, 1.82) is 0 Å². The molecule has 0 aliphatic heterocycles. The SMILES string of the molecule is O=S(=O)(NCC1(CCCl)CC1)c1ccc(Br)cc1. The molecule has 1 aromatic carbocycles. The van der Waals surface area contributed by atoms with Crippen LogP contribution in [0.25, 0.3) is 0 Å². The summed E-state index contributed by atoms with van der Waals surface area (Å²) in [6.45, 7) is 0.484. The highest BCUT2D eigenvalue weighted by Crippen LogP contribution is 2.48. The van der Waals surface area contributed by atoms with Crippen LogP contribution < -0.4 is 4.72 Å². The fraction of sp³-hybridized carbons (Fsp3) is 0.500. The van der Waals surface area contributed by atoms with Crippen molar-refractivity contribution in [2.45, 2.75) is 24.2 Å². The smallest absolute Gasteiger partial charge is 0.211 e. The van der Waals surface area contributed by atoms with Gasteiger partial charge in [-0.2, -0.15) is 0 Å². The number of benzene rings is 1. The van der Waals surface area contributed by atoms with E-state index in [0.717, 1.165) is 23.7 Å². The number of hydrogen-bond donors (Lipinski definition) is 1. The van der Waals surface area contributed by atoms with Gasteiger partial charge in [-0.15, -0.1) is 11.6 Å². The van der Waals surface area contributed by atoms with Gasteiger partial charge in [0, 0.05) is 16.9 Å². The molecule has 2 rings (SSSR count). The zero-order chi connectivity index (χ0) is 13.2. The first kappa shape index (κ1) is 14.3. The minimum absolute atomic E-state index is 0.101. The quantitative estimate of drug-likeness (QED) is 0.800.